The van der Waals surface area contributed by atoms with E-state index in [0.717, 1.165) is 5.56 Å². The van der Waals surface area contributed by atoms with E-state index < -0.39 is 6.03 Å². The highest BCUT2D eigenvalue weighted by Crippen LogP contribution is 2.11. The molecule has 0 aliphatic carbocycles. The van der Waals surface area contributed by atoms with Crippen molar-refractivity contribution >= 4 is 23.3 Å². The molecule has 0 spiro atoms. The summed E-state index contributed by atoms with van der Waals surface area (Å²) in [6, 6.07) is 6.89. The van der Waals surface area contributed by atoms with Crippen molar-refractivity contribution in [2.75, 3.05) is 5.32 Å². The number of aromatic nitrogens is 2. The van der Waals surface area contributed by atoms with Crippen molar-refractivity contribution in [1.29, 1.82) is 0 Å². The summed E-state index contributed by atoms with van der Waals surface area (Å²) in [5.41, 5.74) is 6.65. The molecular formula is C11H11ClN4O. The van der Waals surface area contributed by atoms with E-state index in [4.69, 9.17) is 17.3 Å². The molecule has 6 heteroatoms. The van der Waals surface area contributed by atoms with E-state index in [9.17, 15) is 4.79 Å². The van der Waals surface area contributed by atoms with Crippen LogP contribution < -0.4 is 11.1 Å². The molecule has 3 N–H and O–H groups in total. The Labute approximate surface area is 103 Å². The third-order valence-corrected chi connectivity index (χ3v) is 2.41. The van der Waals surface area contributed by atoms with E-state index in [-0.39, 0.29) is 0 Å². The fourth-order valence-electron chi connectivity index (χ4n) is 1.43. The Balaban J connectivity index is 2.06. The van der Waals surface area contributed by atoms with Crippen molar-refractivity contribution in [3.63, 3.8) is 0 Å². The highest BCUT2D eigenvalue weighted by Gasteiger charge is 2.01. The quantitative estimate of drug-likeness (QED) is 0.875. The molecule has 0 fully saturated rings. The van der Waals surface area contributed by atoms with Gasteiger partial charge in [-0.3, -0.25) is 4.68 Å². The maximum atomic E-state index is 10.6. The van der Waals surface area contributed by atoms with E-state index in [1.54, 1.807) is 17.1 Å². The first-order valence-corrected chi connectivity index (χ1v) is 5.34. The molecule has 17 heavy (non-hydrogen) atoms. The molecule has 0 saturated heterocycles. The molecule has 0 aliphatic rings. The molecule has 0 unspecified atom stereocenters. The summed E-state index contributed by atoms with van der Waals surface area (Å²) in [5, 5.41) is 7.25. The summed E-state index contributed by atoms with van der Waals surface area (Å²) in [7, 11) is 0. The summed E-state index contributed by atoms with van der Waals surface area (Å²) < 4.78 is 1.70. The van der Waals surface area contributed by atoms with Crippen molar-refractivity contribution < 1.29 is 4.79 Å². The second kappa shape index (κ2) is 4.88. The zero-order valence-corrected chi connectivity index (χ0v) is 9.69. The van der Waals surface area contributed by atoms with Gasteiger partial charge in [-0.25, -0.2) is 4.79 Å². The van der Waals surface area contributed by atoms with Crippen LogP contribution in [0.25, 0.3) is 0 Å². The predicted octanol–water partition coefficient (Wildman–Crippen LogP) is 2.08. The number of halogens is 1. The molecule has 1 aromatic heterocycles. The van der Waals surface area contributed by atoms with Crippen LogP contribution in [-0.4, -0.2) is 15.8 Å². The van der Waals surface area contributed by atoms with Gasteiger partial charge < -0.3 is 11.1 Å². The maximum Gasteiger partial charge on any atom is 0.316 e. The van der Waals surface area contributed by atoms with Gasteiger partial charge in [-0.15, -0.1) is 0 Å². The number of nitrogens with zero attached hydrogens (tertiary/aromatic N) is 2. The van der Waals surface area contributed by atoms with Crippen molar-refractivity contribution in [1.82, 2.24) is 9.78 Å². The van der Waals surface area contributed by atoms with E-state index in [0.29, 0.717) is 17.3 Å². The standard InChI is InChI=1S/C11H11ClN4O/c12-9-3-1-8(2-4-9)6-16-7-10(5-14-16)15-11(13)17/h1-5,7H,6H2,(H3,13,15,17). The van der Waals surface area contributed by atoms with E-state index in [1.165, 1.54) is 0 Å². The van der Waals surface area contributed by atoms with Crippen LogP contribution in [0.2, 0.25) is 5.02 Å². The molecule has 0 bridgehead atoms. The van der Waals surface area contributed by atoms with Crippen molar-refractivity contribution in [2.24, 2.45) is 5.73 Å². The first-order valence-electron chi connectivity index (χ1n) is 4.97. The molecule has 5 nitrogen and oxygen atoms in total. The van der Waals surface area contributed by atoms with Crippen molar-refractivity contribution in [3.8, 4) is 0 Å². The molecule has 2 amide bonds. The van der Waals surface area contributed by atoms with Gasteiger partial charge in [-0.1, -0.05) is 23.7 Å². The largest absolute Gasteiger partial charge is 0.351 e. The van der Waals surface area contributed by atoms with Gasteiger partial charge in [0.05, 0.1) is 18.4 Å². The van der Waals surface area contributed by atoms with Crippen molar-refractivity contribution in [2.45, 2.75) is 6.54 Å². The van der Waals surface area contributed by atoms with Crippen LogP contribution in [0.4, 0.5) is 10.5 Å². The third kappa shape index (κ3) is 3.22. The van der Waals surface area contributed by atoms with Crippen LogP contribution in [0.5, 0.6) is 0 Å². The number of primary amides is 1. The highest BCUT2D eigenvalue weighted by molar-refractivity contribution is 6.30. The molecule has 1 heterocycles. The average Bonchev–Trinajstić information content (AvgIpc) is 2.68. The number of hydrogen-bond acceptors (Lipinski definition) is 2. The maximum absolute atomic E-state index is 10.6. The molecular weight excluding hydrogens is 240 g/mol. The van der Waals surface area contributed by atoms with Gasteiger partial charge in [-0.05, 0) is 17.7 Å². The smallest absolute Gasteiger partial charge is 0.316 e. The van der Waals surface area contributed by atoms with Gasteiger partial charge in [0.15, 0.2) is 0 Å². The minimum atomic E-state index is -0.601. The Kier molecular flexibility index (Phi) is 3.30. The SMILES string of the molecule is NC(=O)Nc1cnn(Cc2ccc(Cl)cc2)c1. The molecule has 2 aromatic rings. The Hall–Kier alpha value is -2.01. The molecule has 0 atom stereocenters. The van der Waals surface area contributed by atoms with Gasteiger partial charge in [-0.2, -0.15) is 5.10 Å². The van der Waals surface area contributed by atoms with E-state index in [1.807, 2.05) is 24.3 Å². The van der Waals surface area contributed by atoms with Gasteiger partial charge >= 0.3 is 6.03 Å². The summed E-state index contributed by atoms with van der Waals surface area (Å²) in [6.07, 6.45) is 3.25. The lowest BCUT2D eigenvalue weighted by Crippen LogP contribution is -2.18. The van der Waals surface area contributed by atoms with E-state index >= 15 is 0 Å². The van der Waals surface area contributed by atoms with Gasteiger partial charge in [0.1, 0.15) is 0 Å². The van der Waals surface area contributed by atoms with Gasteiger partial charge in [0, 0.05) is 11.2 Å². The van der Waals surface area contributed by atoms with Crippen LogP contribution in [-0.2, 0) is 6.54 Å². The Morgan fingerprint density at radius 3 is 2.76 bits per heavy atom. The fourth-order valence-corrected chi connectivity index (χ4v) is 1.56. The summed E-state index contributed by atoms with van der Waals surface area (Å²) in [4.78, 5) is 10.6. The first kappa shape index (κ1) is 11.5. The lowest BCUT2D eigenvalue weighted by Gasteiger charge is -2.01. The van der Waals surface area contributed by atoms with Gasteiger partial charge in [0.2, 0.25) is 0 Å². The molecule has 0 radical (unpaired) electrons. The predicted molar refractivity (Wildman–Crippen MR) is 66.0 cm³/mol. The number of amides is 2. The van der Waals surface area contributed by atoms with Crippen LogP contribution in [0.15, 0.2) is 36.7 Å². The number of hydrogen-bond donors (Lipinski definition) is 2. The third-order valence-electron chi connectivity index (χ3n) is 2.16. The van der Waals surface area contributed by atoms with Gasteiger partial charge in [0.25, 0.3) is 0 Å². The molecule has 1 aromatic carbocycles. The normalized spacial score (nSPS) is 10.2. The minimum absolute atomic E-state index is 0.575. The first-order chi connectivity index (χ1) is 8.13. The topological polar surface area (TPSA) is 72.9 Å². The zero-order chi connectivity index (χ0) is 12.3. The number of benzene rings is 1. The van der Waals surface area contributed by atoms with E-state index in [2.05, 4.69) is 10.4 Å². The second-order valence-corrected chi connectivity index (χ2v) is 3.98. The number of nitrogens with two attached hydrogens (primary N) is 1. The monoisotopic (exact) mass is 250 g/mol. The Bertz CT molecular complexity index is 521. The number of anilines is 1. The second-order valence-electron chi connectivity index (χ2n) is 3.54. The summed E-state index contributed by atoms with van der Waals surface area (Å²) in [5.74, 6) is 0. The number of carbonyl (C=O) groups excluding carboxylic acids is 1. The lowest BCUT2D eigenvalue weighted by atomic mass is 10.2. The Morgan fingerprint density at radius 1 is 1.41 bits per heavy atom. The minimum Gasteiger partial charge on any atom is -0.351 e. The summed E-state index contributed by atoms with van der Waals surface area (Å²) >= 11 is 5.79. The molecule has 0 aliphatic heterocycles. The van der Waals surface area contributed by atoms with Crippen LogP contribution in [0.1, 0.15) is 5.56 Å². The fraction of sp³-hybridized carbons (Fsp3) is 0.0909. The number of carbonyl (C=O) groups is 1. The average molecular weight is 251 g/mol. The highest BCUT2D eigenvalue weighted by atomic mass is 35.5. The lowest BCUT2D eigenvalue weighted by molar-refractivity contribution is 0.259. The van der Waals surface area contributed by atoms with Crippen LogP contribution in [0, 0.1) is 0 Å². The number of urea groups is 1. The molecule has 2 rings (SSSR count). The van der Waals surface area contributed by atoms with Crippen LogP contribution in [0.3, 0.4) is 0 Å². The molecule has 88 valence electrons. The molecule has 0 saturated carbocycles. The number of rotatable bonds is 3. The van der Waals surface area contributed by atoms with Crippen LogP contribution >= 0.6 is 11.6 Å². The number of nitrogens with one attached hydrogen (secondary N) is 1. The zero-order valence-electron chi connectivity index (χ0n) is 8.93. The van der Waals surface area contributed by atoms with Crippen molar-refractivity contribution in [3.05, 3.63) is 47.2 Å². The summed E-state index contributed by atoms with van der Waals surface area (Å²) in [6.45, 7) is 0.609. The Morgan fingerprint density at radius 2 is 2.12 bits per heavy atom.